The second-order valence-electron chi connectivity index (χ2n) is 8.21. The second-order valence-corrected chi connectivity index (χ2v) is 8.21. The summed E-state index contributed by atoms with van der Waals surface area (Å²) in [5, 5.41) is 0. The van der Waals surface area contributed by atoms with Crippen LogP contribution in [0.25, 0.3) is 0 Å². The summed E-state index contributed by atoms with van der Waals surface area (Å²) in [6, 6.07) is 0. The average molecular weight is 339 g/mol. The average Bonchev–Trinajstić information content (AvgIpc) is 2.46. The van der Waals surface area contributed by atoms with Crippen molar-refractivity contribution >= 4 is 5.97 Å². The van der Waals surface area contributed by atoms with Crippen LogP contribution in [0.1, 0.15) is 99.3 Å². The number of allylic oxidation sites excluding steroid dienone is 1. The van der Waals surface area contributed by atoms with Crippen LogP contribution >= 0.6 is 0 Å². The standard InChI is InChI=1S/C22H42O2/c1-18(2)10-7-11-19(3)12-8-13-20(4)14-9-15-21(5)16-17-24-22(6)23/h16,18-20H,7-15,17H2,1-6H3/b21-16+/t19-,20-/m1/s1. The van der Waals surface area contributed by atoms with Gasteiger partial charge in [-0.3, -0.25) is 4.79 Å². The Labute approximate surface area is 151 Å². The van der Waals surface area contributed by atoms with Gasteiger partial charge in [-0.05, 0) is 43.6 Å². The van der Waals surface area contributed by atoms with E-state index < -0.39 is 0 Å². The van der Waals surface area contributed by atoms with E-state index in [1.807, 2.05) is 6.08 Å². The van der Waals surface area contributed by atoms with Crippen molar-refractivity contribution in [1.29, 1.82) is 0 Å². The van der Waals surface area contributed by atoms with E-state index in [4.69, 9.17) is 4.74 Å². The highest BCUT2D eigenvalue weighted by Crippen LogP contribution is 2.21. The Kier molecular flexibility index (Phi) is 14.1. The first-order valence-corrected chi connectivity index (χ1v) is 10.1. The van der Waals surface area contributed by atoms with Crippen molar-refractivity contribution in [3.63, 3.8) is 0 Å². The van der Waals surface area contributed by atoms with E-state index in [9.17, 15) is 4.79 Å². The van der Waals surface area contributed by atoms with Gasteiger partial charge in [0.05, 0.1) is 0 Å². The van der Waals surface area contributed by atoms with Crippen molar-refractivity contribution < 1.29 is 9.53 Å². The highest BCUT2D eigenvalue weighted by molar-refractivity contribution is 5.66. The van der Waals surface area contributed by atoms with E-state index in [-0.39, 0.29) is 5.97 Å². The molecule has 2 heteroatoms. The zero-order chi connectivity index (χ0) is 18.4. The number of rotatable bonds is 14. The van der Waals surface area contributed by atoms with Gasteiger partial charge in [-0.15, -0.1) is 0 Å². The molecule has 0 aromatic rings. The van der Waals surface area contributed by atoms with Crippen molar-refractivity contribution in [1.82, 2.24) is 0 Å². The smallest absolute Gasteiger partial charge is 0.302 e. The molecule has 0 aliphatic rings. The fraction of sp³-hybridized carbons (Fsp3) is 0.864. The van der Waals surface area contributed by atoms with Gasteiger partial charge in [-0.2, -0.15) is 0 Å². The summed E-state index contributed by atoms with van der Waals surface area (Å²) in [5.41, 5.74) is 1.34. The molecule has 0 saturated carbocycles. The SMILES string of the molecule is CC(=O)OC/C=C(\C)CCC[C@H](C)CCC[C@H](C)CCCC(C)C. The summed E-state index contributed by atoms with van der Waals surface area (Å²) < 4.78 is 4.94. The van der Waals surface area contributed by atoms with Gasteiger partial charge in [0.25, 0.3) is 0 Å². The summed E-state index contributed by atoms with van der Waals surface area (Å²) >= 11 is 0. The van der Waals surface area contributed by atoms with E-state index in [1.54, 1.807) is 0 Å². The Balaban J connectivity index is 3.61. The van der Waals surface area contributed by atoms with Crippen molar-refractivity contribution in [3.8, 4) is 0 Å². The second kappa shape index (κ2) is 14.5. The summed E-state index contributed by atoms with van der Waals surface area (Å²) in [4.78, 5) is 10.7. The van der Waals surface area contributed by atoms with E-state index in [1.165, 1.54) is 63.9 Å². The molecule has 142 valence electrons. The molecule has 0 aromatic heterocycles. The van der Waals surface area contributed by atoms with Crippen LogP contribution < -0.4 is 0 Å². The summed E-state index contributed by atoms with van der Waals surface area (Å²) in [6.07, 6.45) is 14.0. The van der Waals surface area contributed by atoms with Crippen molar-refractivity contribution in [3.05, 3.63) is 11.6 Å². The number of hydrogen-bond donors (Lipinski definition) is 0. The number of ether oxygens (including phenoxy) is 1. The minimum atomic E-state index is -0.203. The monoisotopic (exact) mass is 338 g/mol. The Morgan fingerprint density at radius 1 is 0.833 bits per heavy atom. The molecule has 0 saturated heterocycles. The lowest BCUT2D eigenvalue weighted by Gasteiger charge is -2.15. The van der Waals surface area contributed by atoms with Gasteiger partial charge in [0.15, 0.2) is 0 Å². The lowest BCUT2D eigenvalue weighted by molar-refractivity contribution is -0.139. The molecule has 0 aliphatic carbocycles. The third kappa shape index (κ3) is 16.1. The van der Waals surface area contributed by atoms with Crippen LogP contribution in [0.15, 0.2) is 11.6 Å². The maximum atomic E-state index is 10.7. The highest BCUT2D eigenvalue weighted by atomic mass is 16.5. The van der Waals surface area contributed by atoms with Crippen LogP contribution in [-0.4, -0.2) is 12.6 Å². The maximum absolute atomic E-state index is 10.7. The largest absolute Gasteiger partial charge is 0.462 e. The van der Waals surface area contributed by atoms with Crippen LogP contribution in [0.5, 0.6) is 0 Å². The predicted molar refractivity (Wildman–Crippen MR) is 105 cm³/mol. The molecular weight excluding hydrogens is 296 g/mol. The minimum Gasteiger partial charge on any atom is -0.462 e. The normalized spacial score (nSPS) is 14.7. The molecular formula is C22H42O2. The van der Waals surface area contributed by atoms with Gasteiger partial charge < -0.3 is 4.74 Å². The van der Waals surface area contributed by atoms with Crippen LogP contribution in [-0.2, 0) is 9.53 Å². The molecule has 2 nitrogen and oxygen atoms in total. The quantitative estimate of drug-likeness (QED) is 0.253. The molecule has 24 heavy (non-hydrogen) atoms. The van der Waals surface area contributed by atoms with E-state index in [2.05, 4.69) is 34.6 Å². The molecule has 0 heterocycles. The zero-order valence-electron chi connectivity index (χ0n) is 17.2. The molecule has 0 rings (SSSR count). The van der Waals surface area contributed by atoms with E-state index >= 15 is 0 Å². The number of esters is 1. The van der Waals surface area contributed by atoms with Gasteiger partial charge in [-0.1, -0.05) is 78.2 Å². The van der Waals surface area contributed by atoms with Gasteiger partial charge in [0.2, 0.25) is 0 Å². The first-order valence-electron chi connectivity index (χ1n) is 10.1. The minimum absolute atomic E-state index is 0.203. The topological polar surface area (TPSA) is 26.3 Å². The molecule has 0 bridgehead atoms. The molecule has 0 unspecified atom stereocenters. The molecule has 0 spiro atoms. The molecule has 0 aromatic carbocycles. The summed E-state index contributed by atoms with van der Waals surface area (Å²) in [6.45, 7) is 13.5. The molecule has 0 radical (unpaired) electrons. The Bertz CT molecular complexity index is 344. The van der Waals surface area contributed by atoms with Gasteiger partial charge in [-0.25, -0.2) is 0 Å². The van der Waals surface area contributed by atoms with Gasteiger partial charge in [0, 0.05) is 6.92 Å². The van der Waals surface area contributed by atoms with Crippen molar-refractivity contribution in [2.24, 2.45) is 17.8 Å². The number of carbonyl (C=O) groups excluding carboxylic acids is 1. The van der Waals surface area contributed by atoms with E-state index in [0.717, 1.165) is 24.2 Å². The van der Waals surface area contributed by atoms with Crippen LogP contribution in [0.2, 0.25) is 0 Å². The van der Waals surface area contributed by atoms with Gasteiger partial charge >= 0.3 is 5.97 Å². The highest BCUT2D eigenvalue weighted by Gasteiger charge is 2.06. The fourth-order valence-electron chi connectivity index (χ4n) is 3.11. The lowest BCUT2D eigenvalue weighted by atomic mass is 9.91. The first-order chi connectivity index (χ1) is 11.3. The molecule has 2 atom stereocenters. The van der Waals surface area contributed by atoms with Crippen molar-refractivity contribution in [2.45, 2.75) is 99.3 Å². The summed E-state index contributed by atoms with van der Waals surface area (Å²) in [7, 11) is 0. The molecule has 0 aliphatic heterocycles. The Hall–Kier alpha value is -0.790. The fourth-order valence-corrected chi connectivity index (χ4v) is 3.11. The first kappa shape index (κ1) is 23.2. The summed E-state index contributed by atoms with van der Waals surface area (Å²) in [5.74, 6) is 2.37. The third-order valence-electron chi connectivity index (χ3n) is 4.86. The Morgan fingerprint density at radius 2 is 1.33 bits per heavy atom. The third-order valence-corrected chi connectivity index (χ3v) is 4.86. The zero-order valence-corrected chi connectivity index (χ0v) is 17.2. The number of carbonyl (C=O) groups is 1. The van der Waals surface area contributed by atoms with Crippen LogP contribution in [0.4, 0.5) is 0 Å². The Morgan fingerprint density at radius 3 is 1.83 bits per heavy atom. The molecule has 0 fully saturated rings. The molecule has 0 N–H and O–H groups in total. The molecule has 0 amide bonds. The predicted octanol–water partition coefficient (Wildman–Crippen LogP) is 6.93. The van der Waals surface area contributed by atoms with Crippen LogP contribution in [0, 0.1) is 17.8 Å². The van der Waals surface area contributed by atoms with Gasteiger partial charge in [0.1, 0.15) is 6.61 Å². The van der Waals surface area contributed by atoms with Crippen LogP contribution in [0.3, 0.4) is 0 Å². The van der Waals surface area contributed by atoms with E-state index in [0.29, 0.717) is 6.61 Å². The maximum Gasteiger partial charge on any atom is 0.302 e. The number of hydrogen-bond acceptors (Lipinski definition) is 2. The van der Waals surface area contributed by atoms with Crippen molar-refractivity contribution in [2.75, 3.05) is 6.61 Å². The lowest BCUT2D eigenvalue weighted by Crippen LogP contribution is -2.00.